The third kappa shape index (κ3) is 3.44. The molecule has 6 nitrogen and oxygen atoms in total. The van der Waals surface area contributed by atoms with Crippen molar-refractivity contribution >= 4 is 5.95 Å². The highest BCUT2D eigenvalue weighted by molar-refractivity contribution is 5.26. The zero-order chi connectivity index (χ0) is 11.9. The Labute approximate surface area is 99.7 Å². The van der Waals surface area contributed by atoms with Crippen LogP contribution in [0.15, 0.2) is 30.9 Å². The van der Waals surface area contributed by atoms with Crippen LogP contribution >= 0.6 is 0 Å². The van der Waals surface area contributed by atoms with E-state index >= 15 is 0 Å². The number of methoxy groups -OCH3 is 1. The molecular formula is C11H15N5O. The summed E-state index contributed by atoms with van der Waals surface area (Å²) in [5.41, 5.74) is 0. The van der Waals surface area contributed by atoms with Crippen molar-refractivity contribution in [3.63, 3.8) is 0 Å². The summed E-state index contributed by atoms with van der Waals surface area (Å²) in [6, 6.07) is 1.92. The molecule has 0 aliphatic carbocycles. The SMILES string of the molecule is COc1cnc(NCCCn2cccn2)nc1. The van der Waals surface area contributed by atoms with Crippen molar-refractivity contribution in [1.29, 1.82) is 0 Å². The lowest BCUT2D eigenvalue weighted by molar-refractivity contribution is 0.411. The number of aromatic nitrogens is 4. The molecule has 0 saturated heterocycles. The predicted molar refractivity (Wildman–Crippen MR) is 63.9 cm³/mol. The van der Waals surface area contributed by atoms with Gasteiger partial charge in [-0.1, -0.05) is 0 Å². The molecule has 0 aliphatic rings. The van der Waals surface area contributed by atoms with Gasteiger partial charge in [0.25, 0.3) is 0 Å². The van der Waals surface area contributed by atoms with Gasteiger partial charge in [0, 0.05) is 25.5 Å². The first kappa shape index (κ1) is 11.4. The van der Waals surface area contributed by atoms with E-state index in [1.807, 2.05) is 16.9 Å². The highest BCUT2D eigenvalue weighted by atomic mass is 16.5. The molecule has 2 aromatic heterocycles. The summed E-state index contributed by atoms with van der Waals surface area (Å²) in [4.78, 5) is 8.23. The maximum absolute atomic E-state index is 4.98. The molecule has 2 rings (SSSR count). The van der Waals surface area contributed by atoms with Crippen molar-refractivity contribution in [1.82, 2.24) is 19.7 Å². The minimum atomic E-state index is 0.617. The van der Waals surface area contributed by atoms with Gasteiger partial charge in [-0.3, -0.25) is 4.68 Å². The first-order valence-corrected chi connectivity index (χ1v) is 5.46. The number of nitrogens with zero attached hydrogens (tertiary/aromatic N) is 4. The minimum Gasteiger partial charge on any atom is -0.494 e. The van der Waals surface area contributed by atoms with Crippen molar-refractivity contribution in [3.05, 3.63) is 30.9 Å². The van der Waals surface area contributed by atoms with Gasteiger partial charge in [0.1, 0.15) is 0 Å². The number of hydrogen-bond donors (Lipinski definition) is 1. The molecule has 1 N–H and O–H groups in total. The van der Waals surface area contributed by atoms with Crippen LogP contribution in [-0.2, 0) is 6.54 Å². The Hall–Kier alpha value is -2.11. The summed E-state index contributed by atoms with van der Waals surface area (Å²) < 4.78 is 6.88. The monoisotopic (exact) mass is 233 g/mol. The zero-order valence-electron chi connectivity index (χ0n) is 9.71. The number of ether oxygens (including phenoxy) is 1. The van der Waals surface area contributed by atoms with Crippen LogP contribution in [0.5, 0.6) is 5.75 Å². The van der Waals surface area contributed by atoms with E-state index in [-0.39, 0.29) is 0 Å². The minimum absolute atomic E-state index is 0.617. The second kappa shape index (κ2) is 5.83. The van der Waals surface area contributed by atoms with E-state index in [2.05, 4.69) is 20.4 Å². The average molecular weight is 233 g/mol. The summed E-state index contributed by atoms with van der Waals surface area (Å²) in [5, 5.41) is 7.26. The molecule has 2 aromatic rings. The fourth-order valence-corrected chi connectivity index (χ4v) is 1.39. The Morgan fingerprint density at radius 3 is 2.82 bits per heavy atom. The molecule has 0 unspecified atom stereocenters. The molecule has 0 fully saturated rings. The second-order valence-corrected chi connectivity index (χ2v) is 3.50. The lowest BCUT2D eigenvalue weighted by Crippen LogP contribution is -2.09. The molecule has 0 aliphatic heterocycles. The van der Waals surface area contributed by atoms with E-state index in [9.17, 15) is 0 Å². The molecule has 0 amide bonds. The number of anilines is 1. The van der Waals surface area contributed by atoms with Crippen molar-refractivity contribution < 1.29 is 4.74 Å². The Kier molecular flexibility index (Phi) is 3.90. The molecule has 0 aromatic carbocycles. The Bertz CT molecular complexity index is 426. The van der Waals surface area contributed by atoms with Crippen LogP contribution in [0.4, 0.5) is 5.95 Å². The summed E-state index contributed by atoms with van der Waals surface area (Å²) in [6.07, 6.45) is 7.98. The first-order chi connectivity index (χ1) is 8.38. The number of aryl methyl sites for hydroxylation is 1. The van der Waals surface area contributed by atoms with E-state index in [0.717, 1.165) is 19.5 Å². The van der Waals surface area contributed by atoms with Gasteiger partial charge >= 0.3 is 0 Å². The van der Waals surface area contributed by atoms with Crippen LogP contribution in [0, 0.1) is 0 Å². The lowest BCUT2D eigenvalue weighted by atomic mass is 10.4. The molecule has 0 spiro atoms. The molecule has 2 heterocycles. The number of nitrogens with one attached hydrogen (secondary N) is 1. The molecule has 0 radical (unpaired) electrons. The predicted octanol–water partition coefficient (Wildman–Crippen LogP) is 1.18. The second-order valence-electron chi connectivity index (χ2n) is 3.50. The van der Waals surface area contributed by atoms with Gasteiger partial charge in [0.05, 0.1) is 19.5 Å². The summed E-state index contributed by atoms with van der Waals surface area (Å²) >= 11 is 0. The first-order valence-electron chi connectivity index (χ1n) is 5.46. The highest BCUT2D eigenvalue weighted by Gasteiger charge is 1.96. The maximum atomic E-state index is 4.98. The van der Waals surface area contributed by atoms with Crippen LogP contribution in [0.1, 0.15) is 6.42 Å². The fourth-order valence-electron chi connectivity index (χ4n) is 1.39. The Morgan fingerprint density at radius 2 is 2.18 bits per heavy atom. The van der Waals surface area contributed by atoms with Crippen molar-refractivity contribution in [3.8, 4) is 5.75 Å². The standard InChI is InChI=1S/C11H15N5O/c1-17-10-8-13-11(14-9-10)12-4-2-6-16-7-3-5-15-16/h3,5,7-9H,2,4,6H2,1H3,(H,12,13,14). The van der Waals surface area contributed by atoms with Crippen molar-refractivity contribution in [2.45, 2.75) is 13.0 Å². The molecule has 17 heavy (non-hydrogen) atoms. The van der Waals surface area contributed by atoms with Crippen LogP contribution in [-0.4, -0.2) is 33.4 Å². The van der Waals surface area contributed by atoms with E-state index in [4.69, 9.17) is 4.74 Å². The van der Waals surface area contributed by atoms with Crippen molar-refractivity contribution in [2.24, 2.45) is 0 Å². The Balaban J connectivity index is 1.70. The number of rotatable bonds is 6. The van der Waals surface area contributed by atoms with Crippen molar-refractivity contribution in [2.75, 3.05) is 19.0 Å². The third-order valence-electron chi connectivity index (χ3n) is 2.27. The molecular weight excluding hydrogens is 218 g/mol. The van der Waals surface area contributed by atoms with Gasteiger partial charge in [-0.05, 0) is 12.5 Å². The van der Waals surface area contributed by atoms with Crippen LogP contribution in [0.2, 0.25) is 0 Å². The molecule has 0 atom stereocenters. The largest absolute Gasteiger partial charge is 0.494 e. The Morgan fingerprint density at radius 1 is 1.35 bits per heavy atom. The molecule has 0 bridgehead atoms. The summed E-state index contributed by atoms with van der Waals surface area (Å²) in [6.45, 7) is 1.70. The van der Waals surface area contributed by atoms with Gasteiger partial charge in [-0.15, -0.1) is 0 Å². The lowest BCUT2D eigenvalue weighted by Gasteiger charge is -2.05. The maximum Gasteiger partial charge on any atom is 0.222 e. The molecule has 0 saturated carbocycles. The van der Waals surface area contributed by atoms with E-state index in [1.165, 1.54) is 0 Å². The quantitative estimate of drug-likeness (QED) is 0.759. The van der Waals surface area contributed by atoms with Gasteiger partial charge in [-0.2, -0.15) is 5.10 Å². The normalized spacial score (nSPS) is 10.2. The van der Waals surface area contributed by atoms with E-state index < -0.39 is 0 Å². The fraction of sp³-hybridized carbons (Fsp3) is 0.364. The van der Waals surface area contributed by atoms with Gasteiger partial charge in [0.2, 0.25) is 5.95 Å². The highest BCUT2D eigenvalue weighted by Crippen LogP contribution is 2.06. The van der Waals surface area contributed by atoms with Crippen LogP contribution < -0.4 is 10.1 Å². The van der Waals surface area contributed by atoms with E-state index in [0.29, 0.717) is 11.7 Å². The average Bonchev–Trinajstić information content (AvgIpc) is 2.88. The van der Waals surface area contributed by atoms with Crippen LogP contribution in [0.25, 0.3) is 0 Å². The zero-order valence-corrected chi connectivity index (χ0v) is 9.71. The van der Waals surface area contributed by atoms with Crippen LogP contribution in [0.3, 0.4) is 0 Å². The summed E-state index contributed by atoms with van der Waals surface area (Å²) in [7, 11) is 1.59. The summed E-state index contributed by atoms with van der Waals surface area (Å²) in [5.74, 6) is 1.28. The third-order valence-corrected chi connectivity index (χ3v) is 2.27. The number of hydrogen-bond acceptors (Lipinski definition) is 5. The van der Waals surface area contributed by atoms with Gasteiger partial charge in [0.15, 0.2) is 5.75 Å². The molecule has 6 heteroatoms. The van der Waals surface area contributed by atoms with E-state index in [1.54, 1.807) is 25.7 Å². The van der Waals surface area contributed by atoms with Gasteiger partial charge < -0.3 is 10.1 Å². The smallest absolute Gasteiger partial charge is 0.222 e. The topological polar surface area (TPSA) is 64.9 Å². The van der Waals surface area contributed by atoms with Gasteiger partial charge in [-0.25, -0.2) is 9.97 Å². The molecule has 90 valence electrons.